The summed E-state index contributed by atoms with van der Waals surface area (Å²) in [5.41, 5.74) is 5.92. The molecule has 154 valence electrons. The van der Waals surface area contributed by atoms with Gasteiger partial charge in [-0.25, -0.2) is 5.01 Å². The van der Waals surface area contributed by atoms with Gasteiger partial charge in [-0.2, -0.15) is 5.10 Å². The van der Waals surface area contributed by atoms with Crippen molar-refractivity contribution < 1.29 is 4.79 Å². The Bertz CT molecular complexity index is 1230. The van der Waals surface area contributed by atoms with E-state index in [1.807, 2.05) is 58.0 Å². The lowest BCUT2D eigenvalue weighted by molar-refractivity contribution is -0.136. The molecule has 3 heteroatoms. The molecule has 0 unspecified atom stereocenters. The van der Waals surface area contributed by atoms with Gasteiger partial charge in [0.15, 0.2) is 0 Å². The van der Waals surface area contributed by atoms with Gasteiger partial charge in [-0.15, -0.1) is 0 Å². The van der Waals surface area contributed by atoms with Crippen molar-refractivity contribution >= 4 is 22.8 Å². The molecule has 0 radical (unpaired) electrons. The Morgan fingerprint density at radius 2 is 1.32 bits per heavy atom. The van der Waals surface area contributed by atoms with Gasteiger partial charge >= 0.3 is 0 Å². The van der Waals surface area contributed by atoms with E-state index in [0.29, 0.717) is 0 Å². The van der Waals surface area contributed by atoms with Crippen LogP contribution in [0.3, 0.4) is 0 Å². The Morgan fingerprint density at radius 1 is 0.774 bits per heavy atom. The molecule has 1 aliphatic heterocycles. The number of fused-ring (bicyclic) bond motifs is 2. The lowest BCUT2D eigenvalue weighted by Gasteiger charge is -2.33. The standard InChI is InChI=1S/C28H26N2O/c1-19-28(26(31)30(29-19)27(2,3)4)23-18-12-11-17-22(23)24(20-13-7-5-8-14-20)25(28)21-15-9-6-10-16-21/h5-18H,1-4H3/t28-/m0/s1. The first-order valence-corrected chi connectivity index (χ1v) is 10.7. The van der Waals surface area contributed by atoms with Gasteiger partial charge in [-0.3, -0.25) is 4.79 Å². The molecule has 0 N–H and O–H groups in total. The summed E-state index contributed by atoms with van der Waals surface area (Å²) in [7, 11) is 0. The predicted molar refractivity (Wildman–Crippen MR) is 127 cm³/mol. The number of hydrogen-bond acceptors (Lipinski definition) is 2. The van der Waals surface area contributed by atoms with Crippen LogP contribution in [0.4, 0.5) is 0 Å². The average molecular weight is 407 g/mol. The minimum absolute atomic E-state index is 0.0229. The van der Waals surface area contributed by atoms with Gasteiger partial charge in [0.1, 0.15) is 5.41 Å². The summed E-state index contributed by atoms with van der Waals surface area (Å²) in [6.45, 7) is 8.10. The van der Waals surface area contributed by atoms with Crippen molar-refractivity contribution in [3.63, 3.8) is 0 Å². The largest absolute Gasteiger partial charge is 0.271 e. The highest BCUT2D eigenvalue weighted by Gasteiger charge is 2.59. The first-order valence-electron chi connectivity index (χ1n) is 10.7. The van der Waals surface area contributed by atoms with Gasteiger partial charge in [-0.1, -0.05) is 84.9 Å². The molecule has 3 aromatic carbocycles. The summed E-state index contributed by atoms with van der Waals surface area (Å²) in [6.07, 6.45) is 0. The number of nitrogens with zero attached hydrogens (tertiary/aromatic N) is 2. The first-order chi connectivity index (χ1) is 14.9. The molecule has 0 bridgehead atoms. The third kappa shape index (κ3) is 2.66. The molecule has 1 spiro atoms. The monoisotopic (exact) mass is 406 g/mol. The van der Waals surface area contributed by atoms with Crippen LogP contribution in [0.15, 0.2) is 90.0 Å². The summed E-state index contributed by atoms with van der Waals surface area (Å²) >= 11 is 0. The van der Waals surface area contributed by atoms with Crippen LogP contribution in [-0.4, -0.2) is 22.2 Å². The summed E-state index contributed by atoms with van der Waals surface area (Å²) < 4.78 is 0. The van der Waals surface area contributed by atoms with Gasteiger partial charge in [0.25, 0.3) is 5.91 Å². The molecule has 1 atom stereocenters. The lowest BCUT2D eigenvalue weighted by Crippen LogP contribution is -2.48. The van der Waals surface area contributed by atoms with E-state index >= 15 is 0 Å². The van der Waals surface area contributed by atoms with Crippen molar-refractivity contribution in [3.05, 3.63) is 107 Å². The van der Waals surface area contributed by atoms with E-state index in [1.165, 1.54) is 0 Å². The summed E-state index contributed by atoms with van der Waals surface area (Å²) in [5.74, 6) is 0.0229. The SMILES string of the molecule is CC1=NN(C(C)(C)C)C(=O)[C@@]12C(c1ccccc1)=C(c1ccccc1)c1ccccc12. The third-order valence-corrected chi connectivity index (χ3v) is 6.29. The van der Waals surface area contributed by atoms with Gasteiger partial charge < -0.3 is 0 Å². The second-order valence-electron chi connectivity index (χ2n) is 9.25. The van der Waals surface area contributed by atoms with Crippen LogP contribution in [0.1, 0.15) is 49.9 Å². The Labute approximate surface area is 183 Å². The van der Waals surface area contributed by atoms with Gasteiger partial charge in [-0.05, 0) is 61.1 Å². The first kappa shape index (κ1) is 19.5. The molecule has 1 aliphatic carbocycles. The molecule has 0 fully saturated rings. The molecule has 1 amide bonds. The molecule has 3 nitrogen and oxygen atoms in total. The fourth-order valence-corrected chi connectivity index (χ4v) is 4.99. The molecule has 0 saturated carbocycles. The van der Waals surface area contributed by atoms with Crippen LogP contribution in [0.2, 0.25) is 0 Å². The molecular weight excluding hydrogens is 380 g/mol. The second kappa shape index (κ2) is 6.78. The molecule has 0 aromatic heterocycles. The average Bonchev–Trinajstić information content (AvgIpc) is 3.23. The molecule has 3 aromatic rings. The summed E-state index contributed by atoms with van der Waals surface area (Å²) in [6, 6.07) is 29.0. The normalized spacial score (nSPS) is 20.5. The minimum atomic E-state index is -0.920. The van der Waals surface area contributed by atoms with E-state index < -0.39 is 11.0 Å². The number of hydrazone groups is 1. The van der Waals surface area contributed by atoms with Gasteiger partial charge in [0.05, 0.1) is 11.3 Å². The fraction of sp³-hybridized carbons (Fsp3) is 0.214. The van der Waals surface area contributed by atoms with E-state index in [1.54, 1.807) is 5.01 Å². The topological polar surface area (TPSA) is 32.7 Å². The summed E-state index contributed by atoms with van der Waals surface area (Å²) in [4.78, 5) is 14.3. The van der Waals surface area contributed by atoms with Crippen LogP contribution in [0, 0.1) is 0 Å². The number of amides is 1. The number of hydrogen-bond donors (Lipinski definition) is 0. The highest BCUT2D eigenvalue weighted by molar-refractivity contribution is 6.32. The van der Waals surface area contributed by atoms with Crippen LogP contribution >= 0.6 is 0 Å². The number of carbonyl (C=O) groups is 1. The van der Waals surface area contributed by atoms with Crippen molar-refractivity contribution in [1.29, 1.82) is 0 Å². The zero-order valence-corrected chi connectivity index (χ0v) is 18.4. The van der Waals surface area contributed by atoms with Crippen LogP contribution in [0.5, 0.6) is 0 Å². The fourth-order valence-electron chi connectivity index (χ4n) is 4.99. The molecular formula is C28H26N2O. The highest BCUT2D eigenvalue weighted by atomic mass is 16.2. The Kier molecular flexibility index (Phi) is 4.26. The maximum Gasteiger partial charge on any atom is 0.264 e. The summed E-state index contributed by atoms with van der Waals surface area (Å²) in [5, 5.41) is 6.52. The quantitative estimate of drug-likeness (QED) is 0.520. The van der Waals surface area contributed by atoms with E-state index in [9.17, 15) is 4.79 Å². The molecule has 31 heavy (non-hydrogen) atoms. The van der Waals surface area contributed by atoms with Gasteiger partial charge in [0, 0.05) is 0 Å². The number of rotatable bonds is 2. The van der Waals surface area contributed by atoms with Crippen molar-refractivity contribution in [2.45, 2.75) is 38.6 Å². The predicted octanol–water partition coefficient (Wildman–Crippen LogP) is 5.91. The maximum absolute atomic E-state index is 14.3. The second-order valence-corrected chi connectivity index (χ2v) is 9.25. The third-order valence-electron chi connectivity index (χ3n) is 6.29. The maximum atomic E-state index is 14.3. The zero-order chi connectivity index (χ0) is 21.8. The molecule has 5 rings (SSSR count). The molecule has 2 aliphatic rings. The van der Waals surface area contributed by atoms with E-state index in [-0.39, 0.29) is 5.91 Å². The van der Waals surface area contributed by atoms with E-state index in [2.05, 4.69) is 54.6 Å². The van der Waals surface area contributed by atoms with Crippen LogP contribution in [0.25, 0.3) is 11.1 Å². The van der Waals surface area contributed by atoms with Gasteiger partial charge in [0.2, 0.25) is 0 Å². The lowest BCUT2D eigenvalue weighted by atomic mass is 9.70. The Balaban J connectivity index is 1.92. The number of carbonyl (C=O) groups excluding carboxylic acids is 1. The minimum Gasteiger partial charge on any atom is -0.271 e. The van der Waals surface area contributed by atoms with Crippen molar-refractivity contribution in [2.24, 2.45) is 5.10 Å². The van der Waals surface area contributed by atoms with Crippen molar-refractivity contribution in [3.8, 4) is 0 Å². The van der Waals surface area contributed by atoms with Crippen LogP contribution in [-0.2, 0) is 10.2 Å². The highest BCUT2D eigenvalue weighted by Crippen LogP contribution is 2.57. The molecule has 0 saturated heterocycles. The Hall–Kier alpha value is -3.46. The molecule has 1 heterocycles. The van der Waals surface area contributed by atoms with Crippen molar-refractivity contribution in [1.82, 2.24) is 5.01 Å². The van der Waals surface area contributed by atoms with E-state index in [4.69, 9.17) is 5.10 Å². The van der Waals surface area contributed by atoms with Crippen molar-refractivity contribution in [2.75, 3.05) is 0 Å². The van der Waals surface area contributed by atoms with Crippen LogP contribution < -0.4 is 0 Å². The van der Waals surface area contributed by atoms with E-state index in [0.717, 1.165) is 39.1 Å². The Morgan fingerprint density at radius 3 is 1.90 bits per heavy atom. The number of benzene rings is 3. The zero-order valence-electron chi connectivity index (χ0n) is 18.4. The smallest absolute Gasteiger partial charge is 0.264 e.